The third-order valence-electron chi connectivity index (χ3n) is 2.76. The van der Waals surface area contributed by atoms with Crippen LogP contribution in [0.3, 0.4) is 0 Å². The second-order valence-corrected chi connectivity index (χ2v) is 4.11. The van der Waals surface area contributed by atoms with Crippen molar-refractivity contribution in [3.05, 3.63) is 29.6 Å². The zero-order valence-corrected chi connectivity index (χ0v) is 9.29. The van der Waals surface area contributed by atoms with E-state index < -0.39 is 5.82 Å². The predicted octanol–water partition coefficient (Wildman–Crippen LogP) is 2.76. The second kappa shape index (κ2) is 4.51. The summed E-state index contributed by atoms with van der Waals surface area (Å²) in [5.74, 6) is -0.391. The monoisotopic (exact) mass is 222 g/mol. The summed E-state index contributed by atoms with van der Waals surface area (Å²) < 4.78 is 13.4. The van der Waals surface area contributed by atoms with Crippen LogP contribution in [-0.4, -0.2) is 24.0 Å². The van der Waals surface area contributed by atoms with Crippen molar-refractivity contribution in [1.29, 1.82) is 0 Å². The van der Waals surface area contributed by atoms with Crippen molar-refractivity contribution in [2.75, 3.05) is 18.4 Å². The maximum Gasteiger partial charge on any atom is 0.321 e. The molecule has 1 aliphatic heterocycles. The van der Waals surface area contributed by atoms with Gasteiger partial charge in [0.2, 0.25) is 0 Å². The standard InChI is InChI=1S/C12H15FN2O/c1-9-4-5-10(13)11(8-9)14-12(16)15-6-2-3-7-15/h4-5,8H,2-3,6-7H2,1H3,(H,14,16). The van der Waals surface area contributed by atoms with Crippen LogP contribution >= 0.6 is 0 Å². The van der Waals surface area contributed by atoms with E-state index in [9.17, 15) is 9.18 Å². The largest absolute Gasteiger partial charge is 0.325 e. The summed E-state index contributed by atoms with van der Waals surface area (Å²) in [4.78, 5) is 13.4. The van der Waals surface area contributed by atoms with Crippen molar-refractivity contribution < 1.29 is 9.18 Å². The number of halogens is 1. The van der Waals surface area contributed by atoms with Crippen molar-refractivity contribution in [2.45, 2.75) is 19.8 Å². The molecule has 1 saturated heterocycles. The molecule has 0 saturated carbocycles. The summed E-state index contributed by atoms with van der Waals surface area (Å²) in [6.07, 6.45) is 2.06. The van der Waals surface area contributed by atoms with Gasteiger partial charge >= 0.3 is 6.03 Å². The highest BCUT2D eigenvalue weighted by Crippen LogP contribution is 2.17. The van der Waals surface area contributed by atoms with E-state index in [4.69, 9.17) is 0 Å². The van der Waals surface area contributed by atoms with Gasteiger partial charge in [-0.1, -0.05) is 6.07 Å². The number of carbonyl (C=O) groups is 1. The van der Waals surface area contributed by atoms with Crippen molar-refractivity contribution in [1.82, 2.24) is 4.90 Å². The van der Waals surface area contributed by atoms with Crippen molar-refractivity contribution in [3.63, 3.8) is 0 Å². The fourth-order valence-corrected chi connectivity index (χ4v) is 1.85. The van der Waals surface area contributed by atoms with Crippen molar-refractivity contribution in [2.24, 2.45) is 0 Å². The molecular weight excluding hydrogens is 207 g/mol. The first-order valence-corrected chi connectivity index (χ1v) is 5.49. The van der Waals surface area contributed by atoms with Crippen LogP contribution in [0.15, 0.2) is 18.2 Å². The quantitative estimate of drug-likeness (QED) is 0.778. The number of nitrogens with one attached hydrogen (secondary N) is 1. The first kappa shape index (κ1) is 10.9. The molecule has 1 N–H and O–H groups in total. The Bertz CT molecular complexity index is 400. The van der Waals surface area contributed by atoms with E-state index in [-0.39, 0.29) is 11.7 Å². The van der Waals surface area contributed by atoms with E-state index in [0.717, 1.165) is 31.5 Å². The number of rotatable bonds is 1. The molecular formula is C12H15FN2O. The molecule has 0 atom stereocenters. The smallest absolute Gasteiger partial charge is 0.321 e. The molecule has 1 aromatic carbocycles. The molecule has 4 heteroatoms. The predicted molar refractivity (Wildman–Crippen MR) is 61.0 cm³/mol. The maximum absolute atomic E-state index is 13.4. The average molecular weight is 222 g/mol. The summed E-state index contributed by atoms with van der Waals surface area (Å²) in [6, 6.07) is 4.49. The number of amides is 2. The highest BCUT2D eigenvalue weighted by Gasteiger charge is 2.18. The van der Waals surface area contributed by atoms with Gasteiger partial charge in [0.1, 0.15) is 5.82 Å². The maximum atomic E-state index is 13.4. The number of likely N-dealkylation sites (tertiary alicyclic amines) is 1. The Labute approximate surface area is 94.3 Å². The van der Waals surface area contributed by atoms with Crippen LogP contribution in [0.5, 0.6) is 0 Å². The summed E-state index contributed by atoms with van der Waals surface area (Å²) in [7, 11) is 0. The van der Waals surface area contributed by atoms with Gasteiger partial charge in [-0.25, -0.2) is 9.18 Å². The zero-order valence-electron chi connectivity index (χ0n) is 9.29. The minimum absolute atomic E-state index is 0.206. The number of hydrogen-bond donors (Lipinski definition) is 1. The molecule has 3 nitrogen and oxygen atoms in total. The Kier molecular flexibility index (Phi) is 3.08. The SMILES string of the molecule is Cc1ccc(F)c(NC(=O)N2CCCC2)c1. The van der Waals surface area contributed by atoms with Gasteiger partial charge in [-0.2, -0.15) is 0 Å². The number of nitrogens with zero attached hydrogens (tertiary/aromatic N) is 1. The molecule has 2 amide bonds. The van der Waals surface area contributed by atoms with E-state index >= 15 is 0 Å². The molecule has 2 rings (SSSR count). The van der Waals surface area contributed by atoms with Gasteiger partial charge in [0.05, 0.1) is 5.69 Å². The first-order valence-electron chi connectivity index (χ1n) is 5.49. The number of urea groups is 1. The lowest BCUT2D eigenvalue weighted by Gasteiger charge is -2.16. The van der Waals surface area contributed by atoms with Crippen LogP contribution in [0.25, 0.3) is 0 Å². The Hall–Kier alpha value is -1.58. The molecule has 0 aromatic heterocycles. The highest BCUT2D eigenvalue weighted by atomic mass is 19.1. The molecule has 1 aliphatic rings. The number of hydrogen-bond acceptors (Lipinski definition) is 1. The van der Waals surface area contributed by atoms with Crippen LogP contribution in [0, 0.1) is 12.7 Å². The van der Waals surface area contributed by atoms with Crippen LogP contribution in [0.1, 0.15) is 18.4 Å². The number of benzene rings is 1. The van der Waals surface area contributed by atoms with Crippen molar-refractivity contribution in [3.8, 4) is 0 Å². The molecule has 0 radical (unpaired) electrons. The molecule has 0 bridgehead atoms. The van der Waals surface area contributed by atoms with Crippen molar-refractivity contribution >= 4 is 11.7 Å². The molecule has 0 aliphatic carbocycles. The molecule has 1 fully saturated rings. The van der Waals surface area contributed by atoms with Gasteiger partial charge in [-0.05, 0) is 37.5 Å². The van der Waals surface area contributed by atoms with E-state index in [0.29, 0.717) is 0 Å². The lowest BCUT2D eigenvalue weighted by Crippen LogP contribution is -2.32. The minimum atomic E-state index is -0.391. The van der Waals surface area contributed by atoms with Crippen LogP contribution < -0.4 is 5.32 Å². The number of aryl methyl sites for hydroxylation is 1. The van der Waals surface area contributed by atoms with E-state index in [1.165, 1.54) is 6.07 Å². The highest BCUT2D eigenvalue weighted by molar-refractivity contribution is 5.89. The molecule has 1 aromatic rings. The average Bonchev–Trinajstić information content (AvgIpc) is 2.76. The van der Waals surface area contributed by atoms with Crippen LogP contribution in [0.2, 0.25) is 0 Å². The van der Waals surface area contributed by atoms with Gasteiger partial charge in [0, 0.05) is 13.1 Å². The van der Waals surface area contributed by atoms with Gasteiger partial charge in [0.25, 0.3) is 0 Å². The molecule has 86 valence electrons. The first-order chi connectivity index (χ1) is 7.66. The molecule has 16 heavy (non-hydrogen) atoms. The van der Waals surface area contributed by atoms with Gasteiger partial charge < -0.3 is 10.2 Å². The molecule has 0 spiro atoms. The van der Waals surface area contributed by atoms with Gasteiger partial charge in [-0.3, -0.25) is 0 Å². The lowest BCUT2D eigenvalue weighted by atomic mass is 10.2. The van der Waals surface area contributed by atoms with E-state index in [1.54, 1.807) is 17.0 Å². The fraction of sp³-hybridized carbons (Fsp3) is 0.417. The van der Waals surface area contributed by atoms with Crippen LogP contribution in [0.4, 0.5) is 14.9 Å². The third-order valence-corrected chi connectivity index (χ3v) is 2.76. The zero-order chi connectivity index (χ0) is 11.5. The summed E-state index contributed by atoms with van der Waals surface area (Å²) in [5.41, 5.74) is 1.19. The van der Waals surface area contributed by atoms with Gasteiger partial charge in [-0.15, -0.1) is 0 Å². The number of anilines is 1. The van der Waals surface area contributed by atoms with E-state index in [1.807, 2.05) is 6.92 Å². The Morgan fingerprint density at radius 2 is 2.06 bits per heavy atom. The fourth-order valence-electron chi connectivity index (χ4n) is 1.85. The molecule has 0 unspecified atom stereocenters. The molecule has 1 heterocycles. The van der Waals surface area contributed by atoms with Gasteiger partial charge in [0.15, 0.2) is 0 Å². The normalized spacial score (nSPS) is 15.2. The Balaban J connectivity index is 2.07. The second-order valence-electron chi connectivity index (χ2n) is 4.11. The summed E-state index contributed by atoms with van der Waals surface area (Å²) in [5, 5.41) is 2.60. The third kappa shape index (κ3) is 2.32. The van der Waals surface area contributed by atoms with E-state index in [2.05, 4.69) is 5.32 Å². The minimum Gasteiger partial charge on any atom is -0.325 e. The number of carbonyl (C=O) groups excluding carboxylic acids is 1. The Morgan fingerprint density at radius 3 is 2.75 bits per heavy atom. The summed E-state index contributed by atoms with van der Waals surface area (Å²) >= 11 is 0. The van der Waals surface area contributed by atoms with Crippen LogP contribution in [-0.2, 0) is 0 Å². The lowest BCUT2D eigenvalue weighted by molar-refractivity contribution is 0.222. The Morgan fingerprint density at radius 1 is 1.38 bits per heavy atom. The topological polar surface area (TPSA) is 32.3 Å². The summed E-state index contributed by atoms with van der Waals surface area (Å²) in [6.45, 7) is 3.39.